The first kappa shape index (κ1) is 23.1. The van der Waals surface area contributed by atoms with Crippen molar-refractivity contribution < 1.29 is 17.9 Å². The molecule has 1 saturated heterocycles. The summed E-state index contributed by atoms with van der Waals surface area (Å²) in [6.07, 6.45) is 0. The SMILES string of the molecule is COc1ccc(S(=O)(=O)Nc2ccc(Nc3nc(C)cc(N4CCOCC4)n3)cc2)cc1Cl. The molecule has 0 amide bonds. The van der Waals surface area contributed by atoms with Crippen LogP contribution in [0.15, 0.2) is 53.4 Å². The molecule has 2 aromatic carbocycles. The lowest BCUT2D eigenvalue weighted by Crippen LogP contribution is -2.36. The highest BCUT2D eigenvalue weighted by Crippen LogP contribution is 2.28. The molecule has 2 heterocycles. The van der Waals surface area contributed by atoms with Gasteiger partial charge in [-0.05, 0) is 49.4 Å². The number of aryl methyl sites for hydroxylation is 1. The lowest BCUT2D eigenvalue weighted by molar-refractivity contribution is 0.122. The summed E-state index contributed by atoms with van der Waals surface area (Å²) in [5.74, 6) is 1.72. The van der Waals surface area contributed by atoms with Gasteiger partial charge in [0, 0.05) is 36.2 Å². The number of morpholine rings is 1. The van der Waals surface area contributed by atoms with Gasteiger partial charge < -0.3 is 19.7 Å². The number of hydrogen-bond acceptors (Lipinski definition) is 8. The number of ether oxygens (including phenoxy) is 2. The van der Waals surface area contributed by atoms with Crippen molar-refractivity contribution in [3.63, 3.8) is 0 Å². The number of aromatic nitrogens is 2. The largest absolute Gasteiger partial charge is 0.495 e. The zero-order valence-corrected chi connectivity index (χ0v) is 19.8. The van der Waals surface area contributed by atoms with Crippen LogP contribution in [-0.2, 0) is 14.8 Å². The number of halogens is 1. The van der Waals surface area contributed by atoms with Gasteiger partial charge >= 0.3 is 0 Å². The number of nitrogens with one attached hydrogen (secondary N) is 2. The summed E-state index contributed by atoms with van der Waals surface area (Å²) in [7, 11) is -2.34. The maximum Gasteiger partial charge on any atom is 0.261 e. The summed E-state index contributed by atoms with van der Waals surface area (Å²) in [6.45, 7) is 4.83. The molecule has 2 N–H and O–H groups in total. The summed E-state index contributed by atoms with van der Waals surface area (Å²) in [6, 6.07) is 13.0. The van der Waals surface area contributed by atoms with Crippen LogP contribution in [0, 0.1) is 6.92 Å². The van der Waals surface area contributed by atoms with Crippen molar-refractivity contribution in [2.75, 3.05) is 48.4 Å². The summed E-state index contributed by atoms with van der Waals surface area (Å²) in [5.41, 5.74) is 1.98. The minimum absolute atomic E-state index is 0.0410. The van der Waals surface area contributed by atoms with E-state index in [9.17, 15) is 8.42 Å². The van der Waals surface area contributed by atoms with E-state index in [0.717, 1.165) is 30.3 Å². The number of benzene rings is 2. The van der Waals surface area contributed by atoms with Crippen LogP contribution >= 0.6 is 11.6 Å². The van der Waals surface area contributed by atoms with Crippen molar-refractivity contribution in [2.24, 2.45) is 0 Å². The Bertz CT molecular complexity index is 1230. The molecule has 1 aliphatic rings. The molecule has 4 rings (SSSR count). The van der Waals surface area contributed by atoms with Gasteiger partial charge in [0.15, 0.2) is 0 Å². The quantitative estimate of drug-likeness (QED) is 0.516. The molecule has 1 fully saturated rings. The van der Waals surface area contributed by atoms with E-state index in [1.807, 2.05) is 13.0 Å². The summed E-state index contributed by atoms with van der Waals surface area (Å²) >= 11 is 6.06. The standard InChI is InChI=1S/C22H24ClN5O4S/c1-15-13-21(28-9-11-32-12-10-28)26-22(24-15)25-16-3-5-17(6-4-16)27-33(29,30)18-7-8-20(31-2)19(23)14-18/h3-8,13-14,27H,9-12H2,1-2H3,(H,24,25,26). The van der Waals surface area contributed by atoms with Crippen LogP contribution in [-0.4, -0.2) is 51.8 Å². The van der Waals surface area contributed by atoms with Crippen LogP contribution in [0.2, 0.25) is 5.02 Å². The van der Waals surface area contributed by atoms with E-state index in [1.165, 1.54) is 25.3 Å². The minimum atomic E-state index is -3.81. The monoisotopic (exact) mass is 489 g/mol. The van der Waals surface area contributed by atoms with Gasteiger partial charge in [-0.15, -0.1) is 0 Å². The van der Waals surface area contributed by atoms with Gasteiger partial charge in [0.05, 0.1) is 30.2 Å². The van der Waals surface area contributed by atoms with E-state index >= 15 is 0 Å². The first-order chi connectivity index (χ1) is 15.8. The molecule has 0 aliphatic carbocycles. The average molecular weight is 490 g/mol. The van der Waals surface area contributed by atoms with Crippen LogP contribution in [0.5, 0.6) is 5.75 Å². The molecule has 33 heavy (non-hydrogen) atoms. The van der Waals surface area contributed by atoms with Crippen LogP contribution in [0.25, 0.3) is 0 Å². The maximum absolute atomic E-state index is 12.7. The van der Waals surface area contributed by atoms with Gasteiger partial charge in [0.2, 0.25) is 5.95 Å². The zero-order valence-electron chi connectivity index (χ0n) is 18.2. The molecule has 1 aliphatic heterocycles. The van der Waals surface area contributed by atoms with Crippen LogP contribution in [0.4, 0.5) is 23.1 Å². The highest BCUT2D eigenvalue weighted by molar-refractivity contribution is 7.92. The fraction of sp³-hybridized carbons (Fsp3) is 0.273. The van der Waals surface area contributed by atoms with Gasteiger partial charge in [-0.3, -0.25) is 4.72 Å². The molecule has 1 aromatic heterocycles. The van der Waals surface area contributed by atoms with Crippen molar-refractivity contribution in [2.45, 2.75) is 11.8 Å². The fourth-order valence-corrected chi connectivity index (χ4v) is 4.75. The summed E-state index contributed by atoms with van der Waals surface area (Å²) in [4.78, 5) is 11.3. The predicted molar refractivity (Wildman–Crippen MR) is 128 cm³/mol. The number of hydrogen-bond donors (Lipinski definition) is 2. The minimum Gasteiger partial charge on any atom is -0.495 e. The van der Waals surface area contributed by atoms with Crippen molar-refractivity contribution in [3.05, 3.63) is 59.2 Å². The number of rotatable bonds is 7. The van der Waals surface area contributed by atoms with Crippen molar-refractivity contribution in [3.8, 4) is 5.75 Å². The van der Waals surface area contributed by atoms with E-state index < -0.39 is 10.0 Å². The van der Waals surface area contributed by atoms with Gasteiger partial charge in [-0.1, -0.05) is 11.6 Å². The first-order valence-corrected chi connectivity index (χ1v) is 12.1. The number of sulfonamides is 1. The highest BCUT2D eigenvalue weighted by Gasteiger charge is 2.17. The molecule has 0 bridgehead atoms. The topological polar surface area (TPSA) is 106 Å². The molecular weight excluding hydrogens is 466 g/mol. The molecular formula is C22H24ClN5O4S. The molecule has 0 unspecified atom stereocenters. The second-order valence-electron chi connectivity index (χ2n) is 7.39. The Balaban J connectivity index is 1.46. The Hall–Kier alpha value is -3.08. The molecule has 0 spiro atoms. The molecule has 0 atom stereocenters. The smallest absolute Gasteiger partial charge is 0.261 e. The zero-order chi connectivity index (χ0) is 23.4. The third kappa shape index (κ3) is 5.65. The van der Waals surface area contributed by atoms with Crippen molar-refractivity contribution in [1.29, 1.82) is 0 Å². The second kappa shape index (κ2) is 9.82. The van der Waals surface area contributed by atoms with E-state index in [4.69, 9.17) is 21.1 Å². The van der Waals surface area contributed by atoms with E-state index in [0.29, 0.717) is 30.6 Å². The Morgan fingerprint density at radius 1 is 1.03 bits per heavy atom. The molecule has 11 heteroatoms. The van der Waals surface area contributed by atoms with Crippen LogP contribution < -0.4 is 19.7 Å². The van der Waals surface area contributed by atoms with Gasteiger partial charge in [-0.2, -0.15) is 4.98 Å². The lowest BCUT2D eigenvalue weighted by atomic mass is 10.3. The Kier molecular flexibility index (Phi) is 6.87. The number of methoxy groups -OCH3 is 1. The number of nitrogens with zero attached hydrogens (tertiary/aromatic N) is 3. The Morgan fingerprint density at radius 2 is 1.73 bits per heavy atom. The lowest BCUT2D eigenvalue weighted by Gasteiger charge is -2.28. The average Bonchev–Trinajstić information content (AvgIpc) is 2.80. The Morgan fingerprint density at radius 3 is 2.39 bits per heavy atom. The molecule has 0 saturated carbocycles. The van der Waals surface area contributed by atoms with Gasteiger partial charge in [-0.25, -0.2) is 13.4 Å². The second-order valence-corrected chi connectivity index (χ2v) is 9.48. The van der Waals surface area contributed by atoms with E-state index in [1.54, 1.807) is 24.3 Å². The van der Waals surface area contributed by atoms with E-state index in [-0.39, 0.29) is 9.92 Å². The van der Waals surface area contributed by atoms with Crippen LogP contribution in [0.3, 0.4) is 0 Å². The van der Waals surface area contributed by atoms with Gasteiger partial charge in [0.1, 0.15) is 11.6 Å². The molecule has 0 radical (unpaired) electrons. The van der Waals surface area contributed by atoms with Crippen molar-refractivity contribution >= 4 is 44.8 Å². The van der Waals surface area contributed by atoms with E-state index in [2.05, 4.69) is 24.9 Å². The third-order valence-electron chi connectivity index (χ3n) is 5.00. The Labute approximate surface area is 197 Å². The normalized spacial score (nSPS) is 14.1. The fourth-order valence-electron chi connectivity index (χ4n) is 3.34. The first-order valence-electron chi connectivity index (χ1n) is 10.3. The molecule has 3 aromatic rings. The third-order valence-corrected chi connectivity index (χ3v) is 6.68. The number of anilines is 4. The van der Waals surface area contributed by atoms with Gasteiger partial charge in [0.25, 0.3) is 10.0 Å². The highest BCUT2D eigenvalue weighted by atomic mass is 35.5. The maximum atomic E-state index is 12.7. The molecule has 174 valence electrons. The predicted octanol–water partition coefficient (Wildman–Crippen LogP) is 3.83. The summed E-state index contributed by atoms with van der Waals surface area (Å²) < 4.78 is 38.4. The molecule has 9 nitrogen and oxygen atoms in total. The van der Waals surface area contributed by atoms with Crippen molar-refractivity contribution in [1.82, 2.24) is 9.97 Å². The van der Waals surface area contributed by atoms with Crippen LogP contribution in [0.1, 0.15) is 5.69 Å². The summed E-state index contributed by atoms with van der Waals surface area (Å²) in [5, 5.41) is 3.39.